The van der Waals surface area contributed by atoms with Crippen LogP contribution in [0.2, 0.25) is 0 Å². The molecule has 106 valence electrons. The number of sulfonamides is 1. The van der Waals surface area contributed by atoms with Crippen LogP contribution in [-0.4, -0.2) is 13.5 Å². The summed E-state index contributed by atoms with van der Waals surface area (Å²) in [5.74, 6) is -2.05. The molecule has 0 unspecified atom stereocenters. The maximum Gasteiger partial charge on any atom is 0.264 e. The first-order valence-electron chi connectivity index (χ1n) is 5.57. The Labute approximate surface area is 114 Å². The van der Waals surface area contributed by atoms with E-state index in [1.807, 2.05) is 0 Å². The summed E-state index contributed by atoms with van der Waals surface area (Å²) >= 11 is 0. The molecule has 0 saturated heterocycles. The highest BCUT2D eigenvalue weighted by Gasteiger charge is 2.20. The predicted octanol–water partition coefficient (Wildman–Crippen LogP) is 2.78. The van der Waals surface area contributed by atoms with Crippen LogP contribution in [0.3, 0.4) is 0 Å². The number of hydrogen-bond acceptors (Lipinski definition) is 3. The third-order valence-electron chi connectivity index (χ3n) is 2.64. The van der Waals surface area contributed by atoms with E-state index in [1.54, 1.807) is 6.92 Å². The van der Waals surface area contributed by atoms with Crippen molar-refractivity contribution in [3.05, 3.63) is 53.6 Å². The minimum Gasteiger partial charge on any atom is -0.508 e. The van der Waals surface area contributed by atoms with Crippen molar-refractivity contribution in [2.75, 3.05) is 4.72 Å². The maximum absolute atomic E-state index is 13.5. The third-order valence-corrected chi connectivity index (χ3v) is 4.04. The fourth-order valence-corrected chi connectivity index (χ4v) is 2.85. The lowest BCUT2D eigenvalue weighted by molar-refractivity contribution is 0.475. The number of aromatic hydroxyl groups is 1. The smallest absolute Gasteiger partial charge is 0.264 e. The zero-order valence-corrected chi connectivity index (χ0v) is 11.2. The van der Waals surface area contributed by atoms with Crippen molar-refractivity contribution in [3.63, 3.8) is 0 Å². The molecule has 2 N–H and O–H groups in total. The second-order valence-corrected chi connectivity index (χ2v) is 5.83. The molecule has 2 aromatic rings. The summed E-state index contributed by atoms with van der Waals surface area (Å²) in [5.41, 5.74) is 0.669. The van der Waals surface area contributed by atoms with Gasteiger partial charge in [-0.1, -0.05) is 0 Å². The molecule has 4 nitrogen and oxygen atoms in total. The monoisotopic (exact) mass is 299 g/mol. The first-order valence-corrected chi connectivity index (χ1v) is 7.05. The highest BCUT2D eigenvalue weighted by molar-refractivity contribution is 7.92. The van der Waals surface area contributed by atoms with E-state index < -0.39 is 26.6 Å². The van der Waals surface area contributed by atoms with E-state index in [0.29, 0.717) is 11.6 Å². The molecule has 20 heavy (non-hydrogen) atoms. The fourth-order valence-electron chi connectivity index (χ4n) is 1.66. The number of rotatable bonds is 3. The van der Waals surface area contributed by atoms with Crippen LogP contribution < -0.4 is 4.72 Å². The van der Waals surface area contributed by atoms with Gasteiger partial charge in [0.2, 0.25) is 0 Å². The van der Waals surface area contributed by atoms with Gasteiger partial charge < -0.3 is 5.11 Å². The topological polar surface area (TPSA) is 66.4 Å². The standard InChI is InChI=1S/C13H11F2NO3S/c1-8-6-10(17)3-4-12(8)16-20(18,19)13-5-2-9(14)7-11(13)15/h2-7,16-17H,1H3. The first kappa shape index (κ1) is 14.3. The van der Waals surface area contributed by atoms with E-state index in [9.17, 15) is 22.3 Å². The van der Waals surface area contributed by atoms with Crippen LogP contribution in [0, 0.1) is 18.6 Å². The van der Waals surface area contributed by atoms with E-state index >= 15 is 0 Å². The molecule has 0 heterocycles. The first-order chi connectivity index (χ1) is 9.29. The predicted molar refractivity (Wildman–Crippen MR) is 70.0 cm³/mol. The van der Waals surface area contributed by atoms with E-state index in [1.165, 1.54) is 18.2 Å². The van der Waals surface area contributed by atoms with Gasteiger partial charge in [-0.15, -0.1) is 0 Å². The van der Waals surface area contributed by atoms with Crippen LogP contribution in [0.15, 0.2) is 41.3 Å². The van der Waals surface area contributed by atoms with Gasteiger partial charge >= 0.3 is 0 Å². The quantitative estimate of drug-likeness (QED) is 0.856. The molecule has 2 rings (SSSR count). The van der Waals surface area contributed by atoms with E-state index in [0.717, 1.165) is 12.1 Å². The zero-order valence-electron chi connectivity index (χ0n) is 10.4. The summed E-state index contributed by atoms with van der Waals surface area (Å²) in [6, 6.07) is 6.22. The number of aryl methyl sites for hydroxylation is 1. The number of nitrogens with one attached hydrogen (secondary N) is 1. The van der Waals surface area contributed by atoms with Gasteiger partial charge in [0, 0.05) is 6.07 Å². The molecule has 0 spiro atoms. The number of anilines is 1. The van der Waals surface area contributed by atoms with E-state index in [4.69, 9.17) is 0 Å². The van der Waals surface area contributed by atoms with Crippen molar-refractivity contribution in [2.24, 2.45) is 0 Å². The summed E-state index contributed by atoms with van der Waals surface area (Å²) in [6.45, 7) is 1.58. The number of benzene rings is 2. The second kappa shape index (κ2) is 5.09. The van der Waals surface area contributed by atoms with Crippen LogP contribution in [0.5, 0.6) is 5.75 Å². The molecule has 0 bridgehead atoms. The van der Waals surface area contributed by atoms with Crippen LogP contribution in [0.1, 0.15) is 5.56 Å². The van der Waals surface area contributed by atoms with Crippen molar-refractivity contribution in [1.82, 2.24) is 0 Å². The molecular weight excluding hydrogens is 288 g/mol. The summed E-state index contributed by atoms with van der Waals surface area (Å²) < 4.78 is 52.6. The molecule has 0 aliphatic heterocycles. The summed E-state index contributed by atoms with van der Waals surface area (Å²) in [6.07, 6.45) is 0. The molecule has 0 amide bonds. The number of phenols is 1. The molecule has 2 aromatic carbocycles. The van der Waals surface area contributed by atoms with Gasteiger partial charge in [0.25, 0.3) is 10.0 Å². The normalized spacial score (nSPS) is 11.3. The van der Waals surface area contributed by atoms with Gasteiger partial charge in [-0.2, -0.15) is 0 Å². The molecule has 0 aromatic heterocycles. The molecular formula is C13H11F2NO3S. The number of phenolic OH excluding ortho intramolecular Hbond substituents is 1. The largest absolute Gasteiger partial charge is 0.508 e. The molecule has 0 aliphatic carbocycles. The van der Waals surface area contributed by atoms with E-state index in [-0.39, 0.29) is 11.4 Å². The number of halogens is 2. The van der Waals surface area contributed by atoms with Gasteiger partial charge in [-0.3, -0.25) is 4.72 Å². The Hall–Kier alpha value is -2.15. The summed E-state index contributed by atoms with van der Waals surface area (Å²) in [7, 11) is -4.17. The fraction of sp³-hybridized carbons (Fsp3) is 0.0769. The molecule has 0 atom stereocenters. The number of hydrogen-bond donors (Lipinski definition) is 2. The highest BCUT2D eigenvalue weighted by Crippen LogP contribution is 2.24. The molecule has 0 aliphatic rings. The van der Waals surface area contributed by atoms with E-state index in [2.05, 4.69) is 4.72 Å². The van der Waals surface area contributed by atoms with Crippen molar-refractivity contribution in [3.8, 4) is 5.75 Å². The third kappa shape index (κ3) is 2.88. The van der Waals surface area contributed by atoms with Crippen molar-refractivity contribution in [1.29, 1.82) is 0 Å². The highest BCUT2D eigenvalue weighted by atomic mass is 32.2. The average Bonchev–Trinajstić information content (AvgIpc) is 2.32. The zero-order chi connectivity index (χ0) is 14.9. The average molecular weight is 299 g/mol. The maximum atomic E-state index is 13.5. The van der Waals surface area contributed by atoms with Crippen molar-refractivity contribution < 1.29 is 22.3 Å². The van der Waals surface area contributed by atoms with Gasteiger partial charge in [0.1, 0.15) is 22.3 Å². The summed E-state index contributed by atoms with van der Waals surface area (Å²) in [5, 5.41) is 9.25. The van der Waals surface area contributed by atoms with Crippen molar-refractivity contribution >= 4 is 15.7 Å². The molecule has 0 fully saturated rings. The summed E-state index contributed by atoms with van der Waals surface area (Å²) in [4.78, 5) is -0.647. The van der Waals surface area contributed by atoms with Gasteiger partial charge in [0.15, 0.2) is 0 Å². The van der Waals surface area contributed by atoms with Crippen LogP contribution >= 0.6 is 0 Å². The Morgan fingerprint density at radius 2 is 1.80 bits per heavy atom. The Kier molecular flexibility index (Phi) is 3.63. The van der Waals surface area contributed by atoms with Crippen LogP contribution in [0.4, 0.5) is 14.5 Å². The van der Waals surface area contributed by atoms with Gasteiger partial charge in [-0.05, 0) is 42.8 Å². The van der Waals surface area contributed by atoms with Gasteiger partial charge in [-0.25, -0.2) is 17.2 Å². The SMILES string of the molecule is Cc1cc(O)ccc1NS(=O)(=O)c1ccc(F)cc1F. The minimum absolute atomic E-state index is 0.0154. The molecule has 7 heteroatoms. The van der Waals surface area contributed by atoms with Crippen molar-refractivity contribution in [2.45, 2.75) is 11.8 Å². The Bertz CT molecular complexity index is 760. The molecule has 0 saturated carbocycles. The Balaban J connectivity index is 2.41. The lowest BCUT2D eigenvalue weighted by Gasteiger charge is -2.11. The molecule has 0 radical (unpaired) electrons. The minimum atomic E-state index is -4.17. The van der Waals surface area contributed by atoms with Crippen LogP contribution in [0.25, 0.3) is 0 Å². The Morgan fingerprint density at radius 1 is 1.10 bits per heavy atom. The second-order valence-electron chi connectivity index (χ2n) is 4.18. The lowest BCUT2D eigenvalue weighted by atomic mass is 10.2. The van der Waals surface area contributed by atoms with Crippen LogP contribution in [-0.2, 0) is 10.0 Å². The van der Waals surface area contributed by atoms with Gasteiger partial charge in [0.05, 0.1) is 5.69 Å². The lowest BCUT2D eigenvalue weighted by Crippen LogP contribution is -2.15. The Morgan fingerprint density at radius 3 is 2.40 bits per heavy atom.